The number of hydrogen-bond acceptors (Lipinski definition) is 1. The van der Waals surface area contributed by atoms with Crippen molar-refractivity contribution in [1.82, 2.24) is 0 Å². The highest BCUT2D eigenvalue weighted by Gasteiger charge is 2.37. The fraction of sp³-hybridized carbons (Fsp3) is 0.462. The molecule has 0 radical (unpaired) electrons. The predicted molar refractivity (Wildman–Crippen MR) is 59.1 cm³/mol. The van der Waals surface area contributed by atoms with E-state index in [1.165, 1.54) is 24.3 Å². The van der Waals surface area contributed by atoms with Gasteiger partial charge in [-0.15, -0.1) is 0 Å². The summed E-state index contributed by atoms with van der Waals surface area (Å²) in [6.45, 7) is 1.99. The van der Waals surface area contributed by atoms with Crippen LogP contribution in [0.4, 0.5) is 0 Å². The zero-order valence-electron chi connectivity index (χ0n) is 8.86. The number of benzene rings is 1. The van der Waals surface area contributed by atoms with Gasteiger partial charge in [-0.3, -0.25) is 0 Å². The molecule has 0 unspecified atom stereocenters. The van der Waals surface area contributed by atoms with E-state index in [4.69, 9.17) is 4.74 Å². The van der Waals surface area contributed by atoms with Crippen molar-refractivity contribution < 1.29 is 9.31 Å². The Morgan fingerprint density at radius 3 is 2.87 bits per heavy atom. The van der Waals surface area contributed by atoms with E-state index in [0.717, 1.165) is 19.6 Å². The smallest absolute Gasteiger partial charge is 0.337 e. The third-order valence-corrected chi connectivity index (χ3v) is 3.33. The molecule has 2 nitrogen and oxygen atoms in total. The van der Waals surface area contributed by atoms with Crippen molar-refractivity contribution in [3.05, 3.63) is 35.9 Å². The van der Waals surface area contributed by atoms with Crippen molar-refractivity contribution in [3.8, 4) is 0 Å². The molecule has 0 aromatic heterocycles. The van der Waals surface area contributed by atoms with Gasteiger partial charge in [0.2, 0.25) is 6.04 Å². The Bertz CT molecular complexity index is 383. The molecule has 2 aliphatic rings. The second-order valence-electron chi connectivity index (χ2n) is 4.28. The molecule has 1 aromatic rings. The molecule has 0 saturated heterocycles. The van der Waals surface area contributed by atoms with Crippen LogP contribution >= 0.6 is 0 Å². The summed E-state index contributed by atoms with van der Waals surface area (Å²) in [6, 6.07) is 11.1. The average molecular weight is 202 g/mol. The summed E-state index contributed by atoms with van der Waals surface area (Å²) < 4.78 is 8.21. The van der Waals surface area contributed by atoms with E-state index < -0.39 is 0 Å². The number of ether oxygens (including phenoxy) is 1. The minimum Gasteiger partial charge on any atom is -0.441 e. The first kappa shape index (κ1) is 8.96. The monoisotopic (exact) mass is 202 g/mol. The van der Waals surface area contributed by atoms with Crippen LogP contribution in [0.2, 0.25) is 0 Å². The summed E-state index contributed by atoms with van der Waals surface area (Å²) >= 11 is 0. The van der Waals surface area contributed by atoms with Crippen molar-refractivity contribution in [2.75, 3.05) is 13.2 Å². The summed E-state index contributed by atoms with van der Waals surface area (Å²) in [4.78, 5) is 0. The number of rotatable bonds is 1. The van der Waals surface area contributed by atoms with E-state index in [1.54, 1.807) is 0 Å². The van der Waals surface area contributed by atoms with E-state index in [9.17, 15) is 0 Å². The van der Waals surface area contributed by atoms with Gasteiger partial charge in [-0.25, -0.2) is 0 Å². The third-order valence-electron chi connectivity index (χ3n) is 3.33. The van der Waals surface area contributed by atoms with Crippen LogP contribution in [0.15, 0.2) is 30.3 Å². The molecule has 0 bridgehead atoms. The molecular formula is C13H16NO+. The van der Waals surface area contributed by atoms with Gasteiger partial charge >= 0.3 is 5.90 Å². The standard InChI is InChI=1S/C13H16NO/c1-2-6-11(7-3-1)12-10-15-13-8-4-5-9-14(12)13/h1-3,6-7,12H,4-5,8-10H2/q+1/t12-/m0/s1. The molecule has 2 heteroatoms. The van der Waals surface area contributed by atoms with Gasteiger partial charge in [0.05, 0.1) is 6.42 Å². The normalized spacial score (nSPS) is 24.9. The molecule has 0 spiro atoms. The Hall–Kier alpha value is -1.31. The molecule has 15 heavy (non-hydrogen) atoms. The largest absolute Gasteiger partial charge is 0.441 e. The summed E-state index contributed by atoms with van der Waals surface area (Å²) in [5.74, 6) is 1.22. The van der Waals surface area contributed by atoms with Crippen LogP contribution in [-0.2, 0) is 4.74 Å². The molecule has 0 N–H and O–H groups in total. The zero-order valence-corrected chi connectivity index (χ0v) is 8.86. The summed E-state index contributed by atoms with van der Waals surface area (Å²) in [5, 5.41) is 0. The maximum Gasteiger partial charge on any atom is 0.337 e. The topological polar surface area (TPSA) is 12.2 Å². The lowest BCUT2D eigenvalue weighted by Gasteiger charge is -2.11. The van der Waals surface area contributed by atoms with Crippen molar-refractivity contribution in [3.63, 3.8) is 0 Å². The van der Waals surface area contributed by atoms with E-state index >= 15 is 0 Å². The Morgan fingerprint density at radius 1 is 1.13 bits per heavy atom. The highest BCUT2D eigenvalue weighted by molar-refractivity contribution is 5.72. The Morgan fingerprint density at radius 2 is 2.00 bits per heavy atom. The first-order valence-electron chi connectivity index (χ1n) is 5.75. The van der Waals surface area contributed by atoms with Gasteiger partial charge in [-0.1, -0.05) is 30.3 Å². The lowest BCUT2D eigenvalue weighted by Crippen LogP contribution is -2.24. The zero-order chi connectivity index (χ0) is 10.1. The van der Waals surface area contributed by atoms with E-state index in [2.05, 4.69) is 34.9 Å². The molecule has 2 heterocycles. The minimum atomic E-state index is 0.460. The van der Waals surface area contributed by atoms with Crippen LogP contribution in [-0.4, -0.2) is 23.6 Å². The fourth-order valence-corrected chi connectivity index (χ4v) is 2.53. The lowest BCUT2D eigenvalue weighted by atomic mass is 10.1. The van der Waals surface area contributed by atoms with Crippen LogP contribution in [0.1, 0.15) is 30.9 Å². The molecule has 3 rings (SSSR count). The molecule has 0 fully saturated rings. The predicted octanol–water partition coefficient (Wildman–Crippen LogP) is 2.35. The van der Waals surface area contributed by atoms with Gasteiger partial charge in [0.25, 0.3) is 0 Å². The summed E-state index contributed by atoms with van der Waals surface area (Å²) in [5.41, 5.74) is 1.38. The van der Waals surface area contributed by atoms with Crippen LogP contribution in [0.3, 0.4) is 0 Å². The Balaban J connectivity index is 1.93. The molecule has 1 atom stereocenters. The molecule has 0 amide bonds. The highest BCUT2D eigenvalue weighted by Crippen LogP contribution is 2.26. The first-order valence-corrected chi connectivity index (χ1v) is 5.75. The number of nitrogens with zero attached hydrogens (tertiary/aromatic N) is 1. The first-order chi connectivity index (χ1) is 7.45. The maximum absolute atomic E-state index is 5.77. The van der Waals surface area contributed by atoms with Crippen LogP contribution in [0.5, 0.6) is 0 Å². The van der Waals surface area contributed by atoms with Crippen LogP contribution in [0.25, 0.3) is 0 Å². The summed E-state index contributed by atoms with van der Waals surface area (Å²) in [6.07, 6.45) is 3.72. The van der Waals surface area contributed by atoms with Gasteiger partial charge in [0.1, 0.15) is 6.54 Å². The van der Waals surface area contributed by atoms with Crippen molar-refractivity contribution in [2.24, 2.45) is 0 Å². The van der Waals surface area contributed by atoms with E-state index in [-0.39, 0.29) is 0 Å². The van der Waals surface area contributed by atoms with Gasteiger partial charge in [0.15, 0.2) is 6.61 Å². The second kappa shape index (κ2) is 3.69. The molecule has 0 saturated carbocycles. The third kappa shape index (κ3) is 1.54. The molecule has 78 valence electrons. The Labute approximate surface area is 90.2 Å². The molecule has 2 aliphatic heterocycles. The fourth-order valence-electron chi connectivity index (χ4n) is 2.53. The van der Waals surface area contributed by atoms with Gasteiger partial charge < -0.3 is 4.74 Å². The van der Waals surface area contributed by atoms with Crippen LogP contribution < -0.4 is 0 Å². The molecular weight excluding hydrogens is 186 g/mol. The van der Waals surface area contributed by atoms with Crippen molar-refractivity contribution in [2.45, 2.75) is 25.3 Å². The lowest BCUT2D eigenvalue weighted by molar-refractivity contribution is -0.566. The van der Waals surface area contributed by atoms with E-state index in [1.807, 2.05) is 0 Å². The van der Waals surface area contributed by atoms with Gasteiger partial charge in [0, 0.05) is 12.0 Å². The highest BCUT2D eigenvalue weighted by atomic mass is 16.5. The van der Waals surface area contributed by atoms with Crippen molar-refractivity contribution >= 4 is 5.90 Å². The molecule has 1 aromatic carbocycles. The maximum atomic E-state index is 5.77. The van der Waals surface area contributed by atoms with Gasteiger partial charge in [-0.2, -0.15) is 4.58 Å². The Kier molecular flexibility index (Phi) is 2.20. The van der Waals surface area contributed by atoms with Gasteiger partial charge in [-0.05, 0) is 6.42 Å². The van der Waals surface area contributed by atoms with Crippen molar-refractivity contribution in [1.29, 1.82) is 0 Å². The van der Waals surface area contributed by atoms with E-state index in [0.29, 0.717) is 6.04 Å². The molecule has 0 aliphatic carbocycles. The SMILES string of the molecule is c1ccc([C@@H]2COC3=[N+]2CCCC3)cc1. The average Bonchev–Trinajstić information content (AvgIpc) is 2.74. The quantitative estimate of drug-likeness (QED) is 0.637. The van der Waals surface area contributed by atoms with Crippen LogP contribution in [0, 0.1) is 0 Å². The summed E-state index contributed by atoms with van der Waals surface area (Å²) in [7, 11) is 0. The minimum absolute atomic E-state index is 0.460. The second-order valence-corrected chi connectivity index (χ2v) is 4.28. The number of hydrogen-bond donors (Lipinski definition) is 0.